The summed E-state index contributed by atoms with van der Waals surface area (Å²) in [5.41, 5.74) is 14.9. The molecule has 9 rings (SSSR count). The maximum absolute atomic E-state index is 3.76. The normalized spacial score (nSPS) is 20.9. The number of hydrogen-bond acceptors (Lipinski definition) is 1. The Morgan fingerprint density at radius 2 is 1.40 bits per heavy atom. The summed E-state index contributed by atoms with van der Waals surface area (Å²) in [6.45, 7) is 9.65. The van der Waals surface area contributed by atoms with Gasteiger partial charge in [-0.2, -0.15) is 0 Å². The van der Waals surface area contributed by atoms with Crippen molar-refractivity contribution in [2.24, 2.45) is 5.92 Å². The van der Waals surface area contributed by atoms with E-state index in [4.69, 9.17) is 0 Å². The molecule has 236 valence electrons. The van der Waals surface area contributed by atoms with E-state index in [1.807, 2.05) is 0 Å². The number of hydrogen-bond donors (Lipinski definition) is 0. The van der Waals surface area contributed by atoms with Crippen LogP contribution in [-0.4, -0.2) is 0 Å². The monoisotopic (exact) mass is 685 g/mol. The van der Waals surface area contributed by atoms with Gasteiger partial charge in [-0.15, -0.1) is 0 Å². The van der Waals surface area contributed by atoms with E-state index in [9.17, 15) is 0 Å². The summed E-state index contributed by atoms with van der Waals surface area (Å²) in [6.07, 6.45) is 16.3. The van der Waals surface area contributed by atoms with Crippen LogP contribution < -0.4 is 4.90 Å². The molecule has 0 amide bonds. The Kier molecular flexibility index (Phi) is 6.69. The van der Waals surface area contributed by atoms with Crippen molar-refractivity contribution in [2.45, 2.75) is 57.3 Å². The lowest BCUT2D eigenvalue weighted by atomic mass is 9.74. The van der Waals surface area contributed by atoms with Crippen molar-refractivity contribution in [1.82, 2.24) is 0 Å². The van der Waals surface area contributed by atoms with Gasteiger partial charge in [-0.3, -0.25) is 0 Å². The van der Waals surface area contributed by atoms with Crippen molar-refractivity contribution in [3.05, 3.63) is 166 Å². The zero-order valence-corrected chi connectivity index (χ0v) is 29.7. The van der Waals surface area contributed by atoms with Crippen LogP contribution in [0.3, 0.4) is 0 Å². The predicted molar refractivity (Wildman–Crippen MR) is 208 cm³/mol. The first kappa shape index (κ1) is 29.7. The third-order valence-corrected chi connectivity index (χ3v) is 12.5. The molecule has 2 unspecified atom stereocenters. The van der Waals surface area contributed by atoms with Gasteiger partial charge >= 0.3 is 0 Å². The molecule has 48 heavy (non-hydrogen) atoms. The molecular weight excluding hydrogens is 646 g/mol. The summed E-state index contributed by atoms with van der Waals surface area (Å²) in [4.78, 5) is 2.48. The Morgan fingerprint density at radius 1 is 0.688 bits per heavy atom. The molecule has 0 heterocycles. The van der Waals surface area contributed by atoms with Crippen molar-refractivity contribution in [3.8, 4) is 11.1 Å². The molecule has 5 aromatic carbocycles. The minimum absolute atomic E-state index is 0.0119. The molecule has 0 saturated heterocycles. The first-order valence-electron chi connectivity index (χ1n) is 17.4. The van der Waals surface area contributed by atoms with Crippen molar-refractivity contribution in [3.63, 3.8) is 0 Å². The van der Waals surface area contributed by atoms with Crippen LogP contribution in [0.25, 0.3) is 27.5 Å². The smallest absolute Gasteiger partial charge is 0.0465 e. The first-order chi connectivity index (χ1) is 23.2. The molecule has 4 aliphatic carbocycles. The topological polar surface area (TPSA) is 3.24 Å². The van der Waals surface area contributed by atoms with Gasteiger partial charge in [0.25, 0.3) is 0 Å². The van der Waals surface area contributed by atoms with Gasteiger partial charge < -0.3 is 4.90 Å². The molecule has 5 aromatic rings. The second kappa shape index (κ2) is 10.8. The van der Waals surface area contributed by atoms with E-state index in [0.29, 0.717) is 11.8 Å². The van der Waals surface area contributed by atoms with E-state index in [1.54, 1.807) is 5.57 Å². The van der Waals surface area contributed by atoms with Crippen LogP contribution >= 0.6 is 15.9 Å². The molecule has 2 heteroatoms. The fourth-order valence-corrected chi connectivity index (χ4v) is 9.71. The molecule has 0 N–H and O–H groups in total. The van der Waals surface area contributed by atoms with Gasteiger partial charge in [0.05, 0.1) is 0 Å². The number of anilines is 3. The Balaban J connectivity index is 1.19. The number of nitrogens with zero attached hydrogens (tertiary/aromatic N) is 1. The summed E-state index contributed by atoms with van der Waals surface area (Å²) in [5, 5.41) is 2.49. The number of allylic oxidation sites excluding steroid dienone is 8. The Bertz CT molecular complexity index is 2260. The number of halogens is 1. The standard InChI is InChI=1S/C46H40BrN/c1-45(2)41-16-10-8-13-36(41)39-27-31(22-25-42(39)45)48(32-21-23-37-35-12-7-9-15-40(35)46(3,4)43(37)28-32)30-19-17-29(18-20-30)33-24-26-44(47)38-14-6-5-11-34(33)38/h5-8,10-14,16-28,36,41H,9,15H2,1-4H3. The fourth-order valence-electron chi connectivity index (χ4n) is 9.23. The highest BCUT2D eigenvalue weighted by Crippen LogP contribution is 2.55. The van der Waals surface area contributed by atoms with E-state index in [2.05, 4.69) is 182 Å². The molecule has 0 spiro atoms. The minimum Gasteiger partial charge on any atom is -0.310 e. The van der Waals surface area contributed by atoms with E-state index in [1.165, 1.54) is 66.8 Å². The summed E-state index contributed by atoms with van der Waals surface area (Å²) < 4.78 is 1.13. The van der Waals surface area contributed by atoms with Gasteiger partial charge in [-0.05, 0) is 116 Å². The van der Waals surface area contributed by atoms with Gasteiger partial charge in [-0.25, -0.2) is 0 Å². The van der Waals surface area contributed by atoms with Gasteiger partial charge in [0.1, 0.15) is 0 Å². The summed E-state index contributed by atoms with van der Waals surface area (Å²) in [7, 11) is 0. The number of rotatable bonds is 4. The molecule has 0 aromatic heterocycles. The van der Waals surface area contributed by atoms with Crippen molar-refractivity contribution < 1.29 is 0 Å². The van der Waals surface area contributed by atoms with Crippen LogP contribution in [-0.2, 0) is 10.8 Å². The third kappa shape index (κ3) is 4.35. The van der Waals surface area contributed by atoms with Gasteiger partial charge in [-0.1, -0.05) is 140 Å². The molecule has 0 radical (unpaired) electrons. The lowest BCUT2D eigenvalue weighted by Gasteiger charge is -2.30. The maximum Gasteiger partial charge on any atom is 0.0465 e. The molecule has 0 bridgehead atoms. The quantitative estimate of drug-likeness (QED) is 0.182. The van der Waals surface area contributed by atoms with Crippen LogP contribution in [0.4, 0.5) is 17.1 Å². The minimum atomic E-state index is 0.0119. The maximum atomic E-state index is 3.76. The molecule has 0 aliphatic heterocycles. The second-order valence-electron chi connectivity index (χ2n) is 15.0. The lowest BCUT2D eigenvalue weighted by molar-refractivity contribution is 0.394. The molecule has 1 nitrogen and oxygen atoms in total. The van der Waals surface area contributed by atoms with Crippen LogP contribution in [0, 0.1) is 5.92 Å². The van der Waals surface area contributed by atoms with E-state index >= 15 is 0 Å². The Morgan fingerprint density at radius 3 is 2.23 bits per heavy atom. The fraction of sp³-hybridized carbons (Fsp3) is 0.217. The highest BCUT2D eigenvalue weighted by Gasteiger charge is 2.45. The van der Waals surface area contributed by atoms with Crippen LogP contribution in [0.15, 0.2) is 144 Å². The molecule has 2 atom stereocenters. The van der Waals surface area contributed by atoms with Crippen LogP contribution in [0.1, 0.15) is 68.7 Å². The Labute approximate surface area is 293 Å². The summed E-state index contributed by atoms with van der Waals surface area (Å²) >= 11 is 3.76. The SMILES string of the molecule is CC1(C)C2=C(C=CCC2)c2ccc(N(c3ccc(-c4ccc(Br)c5ccccc45)cc3)c3ccc4c(c3)C3C=CC=CC3C4(C)C)cc21. The molecule has 4 aliphatic rings. The summed E-state index contributed by atoms with van der Waals surface area (Å²) in [6, 6.07) is 36.7. The molecule has 0 fully saturated rings. The third-order valence-electron chi connectivity index (χ3n) is 11.8. The Hall–Kier alpha value is -4.40. The van der Waals surface area contributed by atoms with Gasteiger partial charge in [0, 0.05) is 32.9 Å². The largest absolute Gasteiger partial charge is 0.310 e. The van der Waals surface area contributed by atoms with Gasteiger partial charge in [0.2, 0.25) is 0 Å². The van der Waals surface area contributed by atoms with E-state index < -0.39 is 0 Å². The average Bonchev–Trinajstić information content (AvgIpc) is 3.48. The zero-order chi connectivity index (χ0) is 32.8. The van der Waals surface area contributed by atoms with Crippen molar-refractivity contribution in [1.29, 1.82) is 0 Å². The first-order valence-corrected chi connectivity index (χ1v) is 18.1. The highest BCUT2D eigenvalue weighted by molar-refractivity contribution is 9.10. The summed E-state index contributed by atoms with van der Waals surface area (Å²) in [5.74, 6) is 0.879. The van der Waals surface area contributed by atoms with E-state index in [-0.39, 0.29) is 10.8 Å². The van der Waals surface area contributed by atoms with E-state index in [0.717, 1.165) is 17.3 Å². The van der Waals surface area contributed by atoms with Crippen molar-refractivity contribution >= 4 is 49.3 Å². The zero-order valence-electron chi connectivity index (χ0n) is 28.1. The number of fused-ring (bicyclic) bond motifs is 6. The highest BCUT2D eigenvalue weighted by atomic mass is 79.9. The predicted octanol–water partition coefficient (Wildman–Crippen LogP) is 13.3. The van der Waals surface area contributed by atoms with Crippen LogP contribution in [0.5, 0.6) is 0 Å². The lowest BCUT2D eigenvalue weighted by Crippen LogP contribution is -2.24. The van der Waals surface area contributed by atoms with Crippen LogP contribution in [0.2, 0.25) is 0 Å². The van der Waals surface area contributed by atoms with Gasteiger partial charge in [0.15, 0.2) is 0 Å². The number of benzene rings is 5. The second-order valence-corrected chi connectivity index (χ2v) is 15.9. The molecular formula is C46H40BrN. The van der Waals surface area contributed by atoms with Crippen molar-refractivity contribution in [2.75, 3.05) is 4.90 Å². The molecule has 0 saturated carbocycles. The average molecular weight is 687 g/mol.